The van der Waals surface area contributed by atoms with Crippen LogP contribution in [0.2, 0.25) is 0 Å². The fourth-order valence-corrected chi connectivity index (χ4v) is 1.92. The molecule has 6 heteroatoms. The van der Waals surface area contributed by atoms with Gasteiger partial charge in [-0.3, -0.25) is 0 Å². The summed E-state index contributed by atoms with van der Waals surface area (Å²) in [6.07, 6.45) is -1.59. The van der Waals surface area contributed by atoms with Crippen molar-refractivity contribution < 1.29 is 13.2 Å². The number of aromatic nitrogens is 2. The Kier molecular flexibility index (Phi) is 3.90. The number of halogens is 3. The van der Waals surface area contributed by atoms with Gasteiger partial charge in [0.25, 0.3) is 0 Å². The SMILES string of the molecule is NCCCc1ccnn1-c1ccccc1C(F)(F)F. The number of nitrogens with zero attached hydrogens (tertiary/aromatic N) is 2. The van der Waals surface area contributed by atoms with Crippen LogP contribution in [0.5, 0.6) is 0 Å². The van der Waals surface area contributed by atoms with E-state index in [1.807, 2.05) is 0 Å². The number of alkyl halides is 3. The lowest BCUT2D eigenvalue weighted by atomic mass is 10.1. The van der Waals surface area contributed by atoms with E-state index in [1.165, 1.54) is 23.0 Å². The van der Waals surface area contributed by atoms with Crippen LogP contribution in [-0.2, 0) is 12.6 Å². The molecule has 0 bridgehead atoms. The molecule has 0 aliphatic rings. The Balaban J connectivity index is 2.45. The highest BCUT2D eigenvalue weighted by Crippen LogP contribution is 2.33. The Labute approximate surface area is 108 Å². The van der Waals surface area contributed by atoms with Gasteiger partial charge in [0, 0.05) is 11.9 Å². The van der Waals surface area contributed by atoms with E-state index in [0.717, 1.165) is 11.8 Å². The molecule has 0 aliphatic heterocycles. The Morgan fingerprint density at radius 2 is 1.89 bits per heavy atom. The van der Waals surface area contributed by atoms with Crippen molar-refractivity contribution in [2.75, 3.05) is 6.54 Å². The summed E-state index contributed by atoms with van der Waals surface area (Å²) < 4.78 is 40.2. The van der Waals surface area contributed by atoms with Crippen LogP contribution in [0.15, 0.2) is 36.5 Å². The Hall–Kier alpha value is -1.82. The van der Waals surface area contributed by atoms with Crippen LogP contribution in [0, 0.1) is 0 Å². The fourth-order valence-electron chi connectivity index (χ4n) is 1.92. The average Bonchev–Trinajstić information content (AvgIpc) is 2.83. The average molecular weight is 269 g/mol. The Bertz CT molecular complexity index is 546. The van der Waals surface area contributed by atoms with Gasteiger partial charge in [-0.25, -0.2) is 4.68 Å². The van der Waals surface area contributed by atoms with Crippen molar-refractivity contribution in [2.24, 2.45) is 5.73 Å². The molecule has 1 aromatic carbocycles. The molecule has 0 spiro atoms. The van der Waals surface area contributed by atoms with Gasteiger partial charge in [0.1, 0.15) is 0 Å². The van der Waals surface area contributed by atoms with Crippen LogP contribution in [-0.4, -0.2) is 16.3 Å². The van der Waals surface area contributed by atoms with Gasteiger partial charge in [-0.2, -0.15) is 18.3 Å². The van der Waals surface area contributed by atoms with Crippen molar-refractivity contribution in [1.29, 1.82) is 0 Å². The Morgan fingerprint density at radius 3 is 2.58 bits per heavy atom. The molecule has 0 atom stereocenters. The van der Waals surface area contributed by atoms with E-state index >= 15 is 0 Å². The van der Waals surface area contributed by atoms with Gasteiger partial charge in [-0.15, -0.1) is 0 Å². The number of nitrogens with two attached hydrogens (primary N) is 1. The maximum Gasteiger partial charge on any atom is 0.418 e. The first-order valence-corrected chi connectivity index (χ1v) is 5.93. The van der Waals surface area contributed by atoms with Crippen molar-refractivity contribution in [2.45, 2.75) is 19.0 Å². The first-order chi connectivity index (χ1) is 9.04. The molecule has 102 valence electrons. The number of para-hydroxylation sites is 1. The van der Waals surface area contributed by atoms with Gasteiger partial charge >= 0.3 is 6.18 Å². The van der Waals surface area contributed by atoms with E-state index < -0.39 is 11.7 Å². The zero-order valence-corrected chi connectivity index (χ0v) is 10.2. The predicted molar refractivity (Wildman–Crippen MR) is 65.9 cm³/mol. The minimum absolute atomic E-state index is 0.0482. The van der Waals surface area contributed by atoms with Crippen molar-refractivity contribution in [1.82, 2.24) is 9.78 Å². The summed E-state index contributed by atoms with van der Waals surface area (Å²) in [4.78, 5) is 0. The molecule has 2 N–H and O–H groups in total. The van der Waals surface area contributed by atoms with Gasteiger partial charge in [0.15, 0.2) is 0 Å². The second kappa shape index (κ2) is 5.44. The number of rotatable bonds is 4. The van der Waals surface area contributed by atoms with Gasteiger partial charge < -0.3 is 5.73 Å². The monoisotopic (exact) mass is 269 g/mol. The smallest absolute Gasteiger partial charge is 0.330 e. The molecular weight excluding hydrogens is 255 g/mol. The highest BCUT2D eigenvalue weighted by molar-refractivity contribution is 5.43. The Morgan fingerprint density at radius 1 is 1.16 bits per heavy atom. The van der Waals surface area contributed by atoms with Crippen LogP contribution in [0.3, 0.4) is 0 Å². The lowest BCUT2D eigenvalue weighted by Crippen LogP contribution is -2.13. The lowest BCUT2D eigenvalue weighted by molar-refractivity contribution is -0.137. The second-order valence-corrected chi connectivity index (χ2v) is 4.14. The summed E-state index contributed by atoms with van der Waals surface area (Å²) in [5.74, 6) is 0. The van der Waals surface area contributed by atoms with E-state index in [4.69, 9.17) is 5.73 Å². The zero-order chi connectivity index (χ0) is 13.9. The van der Waals surface area contributed by atoms with Gasteiger partial charge in [-0.1, -0.05) is 12.1 Å². The maximum absolute atomic E-state index is 13.0. The number of benzene rings is 1. The summed E-state index contributed by atoms with van der Waals surface area (Å²) in [5, 5.41) is 3.99. The largest absolute Gasteiger partial charge is 0.418 e. The molecule has 0 saturated carbocycles. The molecule has 2 aromatic rings. The molecule has 19 heavy (non-hydrogen) atoms. The van der Waals surface area contributed by atoms with Gasteiger partial charge in [-0.05, 0) is 37.6 Å². The summed E-state index contributed by atoms with van der Waals surface area (Å²) >= 11 is 0. The van der Waals surface area contributed by atoms with E-state index in [2.05, 4.69) is 5.10 Å². The van der Waals surface area contributed by atoms with E-state index in [9.17, 15) is 13.2 Å². The summed E-state index contributed by atoms with van der Waals surface area (Å²) in [5.41, 5.74) is 5.51. The van der Waals surface area contributed by atoms with Crippen LogP contribution < -0.4 is 5.73 Å². The molecular formula is C13H14F3N3. The third kappa shape index (κ3) is 2.96. The van der Waals surface area contributed by atoms with Gasteiger partial charge in [0.2, 0.25) is 0 Å². The number of aryl methyl sites for hydroxylation is 1. The van der Waals surface area contributed by atoms with Gasteiger partial charge in [0.05, 0.1) is 11.3 Å². The summed E-state index contributed by atoms with van der Waals surface area (Å²) in [6.45, 7) is 0.492. The summed E-state index contributed by atoms with van der Waals surface area (Å²) in [7, 11) is 0. The van der Waals surface area contributed by atoms with Crippen LogP contribution in [0.4, 0.5) is 13.2 Å². The zero-order valence-electron chi connectivity index (χ0n) is 10.2. The van der Waals surface area contributed by atoms with Crippen molar-refractivity contribution in [3.63, 3.8) is 0 Å². The highest BCUT2D eigenvalue weighted by atomic mass is 19.4. The standard InChI is InChI=1S/C13H14F3N3/c14-13(15,16)11-5-1-2-6-12(11)19-10(4-3-8-17)7-9-18-19/h1-2,5-7,9H,3-4,8,17H2. The molecule has 0 saturated heterocycles. The molecule has 0 unspecified atom stereocenters. The molecule has 0 radical (unpaired) electrons. The third-order valence-electron chi connectivity index (χ3n) is 2.80. The molecule has 0 fully saturated rings. The number of hydrogen-bond acceptors (Lipinski definition) is 2. The van der Waals surface area contributed by atoms with E-state index in [1.54, 1.807) is 12.1 Å². The number of hydrogen-bond donors (Lipinski definition) is 1. The molecule has 0 amide bonds. The second-order valence-electron chi connectivity index (χ2n) is 4.14. The predicted octanol–water partition coefficient (Wildman–Crippen LogP) is 2.78. The fraction of sp³-hybridized carbons (Fsp3) is 0.308. The topological polar surface area (TPSA) is 43.8 Å². The molecule has 2 rings (SSSR count). The highest BCUT2D eigenvalue weighted by Gasteiger charge is 2.34. The van der Waals surface area contributed by atoms with Crippen LogP contribution in [0.25, 0.3) is 5.69 Å². The third-order valence-corrected chi connectivity index (χ3v) is 2.80. The summed E-state index contributed by atoms with van der Waals surface area (Å²) in [6, 6.07) is 7.13. The minimum atomic E-state index is -4.40. The first-order valence-electron chi connectivity index (χ1n) is 5.93. The lowest BCUT2D eigenvalue weighted by Gasteiger charge is -2.14. The molecule has 1 aromatic heterocycles. The van der Waals surface area contributed by atoms with Crippen molar-refractivity contribution >= 4 is 0 Å². The maximum atomic E-state index is 13.0. The first kappa shape index (κ1) is 13.6. The van der Waals surface area contributed by atoms with Crippen LogP contribution in [0.1, 0.15) is 17.7 Å². The quantitative estimate of drug-likeness (QED) is 0.927. The molecule has 1 heterocycles. The minimum Gasteiger partial charge on any atom is -0.330 e. The molecule has 0 aliphatic carbocycles. The van der Waals surface area contributed by atoms with E-state index in [0.29, 0.717) is 19.4 Å². The van der Waals surface area contributed by atoms with E-state index in [-0.39, 0.29) is 5.69 Å². The molecule has 3 nitrogen and oxygen atoms in total. The van der Waals surface area contributed by atoms with Crippen molar-refractivity contribution in [3.05, 3.63) is 47.8 Å². The normalized spacial score (nSPS) is 11.8. The van der Waals surface area contributed by atoms with Crippen LogP contribution >= 0.6 is 0 Å². The van der Waals surface area contributed by atoms with Crippen molar-refractivity contribution in [3.8, 4) is 5.69 Å².